The topological polar surface area (TPSA) is 134 Å². The van der Waals surface area contributed by atoms with Crippen molar-refractivity contribution in [2.75, 3.05) is 19.8 Å². The van der Waals surface area contributed by atoms with Crippen molar-refractivity contribution in [2.45, 2.75) is 275 Å². The van der Waals surface area contributed by atoms with E-state index in [0.717, 1.165) is 78.8 Å². The molecule has 6 aliphatic carbocycles. The maximum atomic E-state index is 12.0. The number of carbonyl (C=O) groups excluding carboxylic acids is 3. The molecule has 12 nitrogen and oxygen atoms in total. The normalized spacial score (nSPS) is 22.6. The quantitative estimate of drug-likeness (QED) is 0.0307. The average molecular weight is 1390 g/mol. The average Bonchev–Trinajstić information content (AvgIpc) is 1.62. The second-order valence-electron chi connectivity index (χ2n) is 33.4. The molecule has 6 aromatic rings. The number of carbonyl (C=O) groups is 3. The smallest absolute Gasteiger partial charge is 0.344 e. The second-order valence-corrected chi connectivity index (χ2v) is 33.4. The first-order valence-corrected chi connectivity index (χ1v) is 38.8. The van der Waals surface area contributed by atoms with E-state index in [2.05, 4.69) is 109 Å². The van der Waals surface area contributed by atoms with E-state index < -0.39 is 22.4 Å². The molecule has 11 atom stereocenters. The number of benzene rings is 6. The summed E-state index contributed by atoms with van der Waals surface area (Å²) in [6, 6.07) is 36.0. The van der Waals surface area contributed by atoms with Gasteiger partial charge in [0.05, 0.1) is 24.0 Å². The van der Waals surface area contributed by atoms with Crippen molar-refractivity contribution in [1.29, 1.82) is 0 Å². The van der Waals surface area contributed by atoms with Crippen molar-refractivity contribution in [3.05, 3.63) is 131 Å². The SMILES string of the molecule is CC(C)C(OCCC1CC2CC1C1CCCC21)Oc1ccc2c3c(cccc13)C(C)C2C.CC(OCCC1CCCCC1)Oc1ccc2c3c(cccc13)C(C)C2C.CCC(C)(C)C(=O)Oc1ccc(OCC(=O)OC(C)(C)C)cc1.CCC(C)(C)Oc1ccc(OC(=O)C(C)(C)CC)cc1. The lowest BCUT2D eigenvalue weighted by molar-refractivity contribution is -0.157. The van der Waals surface area contributed by atoms with Crippen molar-refractivity contribution in [3.63, 3.8) is 0 Å². The Morgan fingerprint density at radius 3 is 1.48 bits per heavy atom. The molecule has 6 aliphatic rings. The first-order valence-electron chi connectivity index (χ1n) is 38.8. The van der Waals surface area contributed by atoms with Gasteiger partial charge in [-0.15, -0.1) is 0 Å². The third-order valence-electron chi connectivity index (χ3n) is 23.6. The Labute approximate surface area is 606 Å². The third kappa shape index (κ3) is 20.0. The third-order valence-corrected chi connectivity index (χ3v) is 23.6. The number of ether oxygens (including phenoxy) is 9. The van der Waals surface area contributed by atoms with Crippen LogP contribution in [0.25, 0.3) is 21.5 Å². The summed E-state index contributed by atoms with van der Waals surface area (Å²) >= 11 is 0. The molecule has 4 saturated carbocycles. The molecule has 0 saturated heterocycles. The van der Waals surface area contributed by atoms with Crippen LogP contribution in [0.5, 0.6) is 34.5 Å². The Bertz CT molecular complexity index is 3650. The van der Waals surface area contributed by atoms with Crippen LogP contribution in [0.4, 0.5) is 0 Å². The zero-order valence-electron chi connectivity index (χ0n) is 65.0. The minimum atomic E-state index is -0.537. The molecule has 6 aromatic carbocycles. The minimum absolute atomic E-state index is 0.167. The Morgan fingerprint density at radius 1 is 0.485 bits per heavy atom. The van der Waals surface area contributed by atoms with Crippen LogP contribution in [0, 0.1) is 52.3 Å². The van der Waals surface area contributed by atoms with Crippen molar-refractivity contribution in [1.82, 2.24) is 0 Å². The zero-order chi connectivity index (χ0) is 73.1. The predicted molar refractivity (Wildman–Crippen MR) is 408 cm³/mol. The van der Waals surface area contributed by atoms with E-state index in [9.17, 15) is 14.4 Å². The first kappa shape index (κ1) is 78.5. The number of hydrogen-bond donors (Lipinski definition) is 0. The van der Waals surface area contributed by atoms with Gasteiger partial charge in [0.1, 0.15) is 45.7 Å². The number of hydrogen-bond acceptors (Lipinski definition) is 12. The summed E-state index contributed by atoms with van der Waals surface area (Å²) in [5.74, 6) is 11.9. The van der Waals surface area contributed by atoms with Crippen LogP contribution in [0.3, 0.4) is 0 Å². The maximum absolute atomic E-state index is 12.0. The van der Waals surface area contributed by atoms with Crippen molar-refractivity contribution < 1.29 is 57.0 Å². The summed E-state index contributed by atoms with van der Waals surface area (Å²) in [7, 11) is 0. The summed E-state index contributed by atoms with van der Waals surface area (Å²) in [5, 5.41) is 5.31. The van der Waals surface area contributed by atoms with Gasteiger partial charge >= 0.3 is 17.9 Å². The van der Waals surface area contributed by atoms with Gasteiger partial charge in [-0.2, -0.15) is 0 Å². The van der Waals surface area contributed by atoms with Crippen molar-refractivity contribution >= 4 is 39.5 Å². The lowest BCUT2D eigenvalue weighted by Crippen LogP contribution is -2.29. The van der Waals surface area contributed by atoms with Crippen LogP contribution in [0.2, 0.25) is 0 Å². The van der Waals surface area contributed by atoms with Crippen molar-refractivity contribution in [3.8, 4) is 34.5 Å². The molecule has 0 amide bonds. The van der Waals surface area contributed by atoms with E-state index in [-0.39, 0.29) is 36.7 Å². The molecule has 101 heavy (non-hydrogen) atoms. The highest BCUT2D eigenvalue weighted by atomic mass is 16.7. The van der Waals surface area contributed by atoms with E-state index in [0.29, 0.717) is 53.3 Å². The van der Waals surface area contributed by atoms with Gasteiger partial charge in [0.25, 0.3) is 0 Å². The van der Waals surface area contributed by atoms with Gasteiger partial charge in [-0.05, 0) is 280 Å². The van der Waals surface area contributed by atoms with Gasteiger partial charge in [-0.1, -0.05) is 149 Å². The highest BCUT2D eigenvalue weighted by Gasteiger charge is 2.53. The molecule has 0 aliphatic heterocycles. The fourth-order valence-electron chi connectivity index (χ4n) is 16.0. The molecule has 4 fully saturated rings. The fraction of sp³-hybridized carbons (Fsp3) is 0.607. The van der Waals surface area contributed by atoms with E-state index in [1.807, 2.05) is 74.4 Å². The summed E-state index contributed by atoms with van der Waals surface area (Å²) in [4.78, 5) is 35.5. The van der Waals surface area contributed by atoms with Crippen LogP contribution in [0.1, 0.15) is 274 Å². The highest BCUT2D eigenvalue weighted by molar-refractivity contribution is 5.97. The molecular weight excluding hydrogens is 1260 g/mol. The Kier molecular flexibility index (Phi) is 26.7. The molecular formula is C89H124O12. The second kappa shape index (κ2) is 34.3. The molecule has 12 rings (SSSR count). The lowest BCUT2D eigenvalue weighted by Gasteiger charge is -2.32. The molecule has 0 spiro atoms. The lowest BCUT2D eigenvalue weighted by atomic mass is 9.75. The standard InChI is InChI=1S/C30H40O2.C24H32O2.C18H26O5.C17H26O3/c1-17(2)30(31-14-13-20-15-21-16-27(20)25-9-6-8-24(21)25)32-28-12-11-23-19(4)18(3)22-7-5-10-26(28)29(22)23;1-16-17(2)21-12-13-23(22-11-7-10-20(16)24(21)22)26-18(3)25-15-14-19-8-5-4-6-9-19;1-7-18(5,6)16(20)22-14-10-8-13(9-11-14)21-12-15(19)23-17(2,3)4;1-7-16(3,4)15(18)19-13-9-11-14(12-10-13)20-17(5,6)8-2/h5,7,10-12,17-21,24-25,27,30H,6,8-9,13-16H2,1-4H3;7,10-13,16-19H,4-6,8-9,14-15H2,1-3H3;8-11H,7,12H2,1-6H3;9-12H,7-8H2,1-6H3. The molecule has 2 bridgehead atoms. The summed E-state index contributed by atoms with van der Waals surface area (Å²) < 4.78 is 52.3. The van der Waals surface area contributed by atoms with Crippen LogP contribution in [0.15, 0.2) is 109 Å². The molecule has 0 heterocycles. The summed E-state index contributed by atoms with van der Waals surface area (Å²) in [6.45, 7) is 40.2. The van der Waals surface area contributed by atoms with Gasteiger partial charge in [0, 0.05) is 16.7 Å². The Morgan fingerprint density at radius 2 is 0.970 bits per heavy atom. The fourth-order valence-corrected chi connectivity index (χ4v) is 16.0. The van der Waals surface area contributed by atoms with Crippen LogP contribution >= 0.6 is 0 Å². The van der Waals surface area contributed by atoms with Crippen LogP contribution in [-0.2, 0) is 28.6 Å². The van der Waals surface area contributed by atoms with E-state index in [1.165, 1.54) is 121 Å². The van der Waals surface area contributed by atoms with Gasteiger partial charge in [-0.25, -0.2) is 4.79 Å². The highest BCUT2D eigenvalue weighted by Crippen LogP contribution is 2.62. The van der Waals surface area contributed by atoms with Crippen molar-refractivity contribution in [2.24, 2.45) is 52.3 Å². The van der Waals surface area contributed by atoms with Crippen LogP contribution in [-0.4, -0.2) is 61.5 Å². The van der Waals surface area contributed by atoms with Crippen LogP contribution < -0.4 is 28.4 Å². The minimum Gasteiger partial charge on any atom is -0.488 e. The Balaban J connectivity index is 0.000000160. The van der Waals surface area contributed by atoms with E-state index in [4.69, 9.17) is 42.6 Å². The zero-order valence-corrected chi connectivity index (χ0v) is 65.0. The van der Waals surface area contributed by atoms with Gasteiger partial charge in [0.15, 0.2) is 12.9 Å². The maximum Gasteiger partial charge on any atom is 0.344 e. The Hall–Kier alpha value is -6.63. The molecule has 0 N–H and O–H groups in total. The van der Waals surface area contributed by atoms with Gasteiger partial charge in [-0.3, -0.25) is 9.59 Å². The van der Waals surface area contributed by atoms with Gasteiger partial charge < -0.3 is 42.6 Å². The number of rotatable bonds is 25. The first-order chi connectivity index (χ1) is 47.9. The van der Waals surface area contributed by atoms with E-state index in [1.54, 1.807) is 57.2 Å². The summed E-state index contributed by atoms with van der Waals surface area (Å²) in [5.41, 5.74) is 4.15. The predicted octanol–water partition coefficient (Wildman–Crippen LogP) is 23.0. The molecule has 0 radical (unpaired) electrons. The molecule has 552 valence electrons. The number of fused-ring (bicyclic) bond motifs is 5. The molecule has 0 aromatic heterocycles. The molecule has 12 heteroatoms. The number of esters is 3. The van der Waals surface area contributed by atoms with E-state index >= 15 is 0 Å². The molecule has 11 unspecified atom stereocenters. The monoisotopic (exact) mass is 1380 g/mol. The largest absolute Gasteiger partial charge is 0.488 e. The summed E-state index contributed by atoms with van der Waals surface area (Å²) in [6.07, 6.45) is 18.8. The van der Waals surface area contributed by atoms with Gasteiger partial charge in [0.2, 0.25) is 6.29 Å².